The third-order valence-electron chi connectivity index (χ3n) is 4.48. The van der Waals surface area contributed by atoms with Crippen molar-refractivity contribution in [2.45, 2.75) is 37.6 Å². The average Bonchev–Trinajstić information content (AvgIpc) is 3.03. The minimum Gasteiger partial charge on any atom is -0.347 e. The van der Waals surface area contributed by atoms with Crippen molar-refractivity contribution in [2.24, 2.45) is 5.92 Å². The zero-order valence-electron chi connectivity index (χ0n) is 14.3. The molecule has 1 aromatic heterocycles. The Labute approximate surface area is 152 Å². The van der Waals surface area contributed by atoms with Crippen molar-refractivity contribution in [3.63, 3.8) is 0 Å². The number of benzene rings is 1. The Morgan fingerprint density at radius 1 is 1.32 bits per heavy atom. The summed E-state index contributed by atoms with van der Waals surface area (Å²) in [6, 6.07) is 8.60. The van der Waals surface area contributed by atoms with E-state index in [0.29, 0.717) is 12.5 Å². The van der Waals surface area contributed by atoms with E-state index in [2.05, 4.69) is 17.0 Å². The van der Waals surface area contributed by atoms with E-state index in [1.807, 2.05) is 6.07 Å². The van der Waals surface area contributed by atoms with Crippen LogP contribution < -0.4 is 10.0 Å². The molecule has 3 rings (SSSR count). The maximum absolute atomic E-state index is 12.4. The van der Waals surface area contributed by atoms with Crippen LogP contribution >= 0.6 is 11.3 Å². The van der Waals surface area contributed by atoms with Crippen LogP contribution in [0.25, 0.3) is 0 Å². The molecule has 0 fully saturated rings. The molecule has 1 unspecified atom stereocenters. The third kappa shape index (κ3) is 4.11. The fourth-order valence-electron chi connectivity index (χ4n) is 3.03. The van der Waals surface area contributed by atoms with Crippen LogP contribution in [0.4, 0.5) is 0 Å². The summed E-state index contributed by atoms with van der Waals surface area (Å²) in [5.74, 6) is 0.573. The molecule has 134 valence electrons. The summed E-state index contributed by atoms with van der Waals surface area (Å²) in [5, 5.41) is 2.89. The Hall–Kier alpha value is -1.70. The van der Waals surface area contributed by atoms with Crippen molar-refractivity contribution in [2.75, 3.05) is 7.05 Å². The van der Waals surface area contributed by atoms with Crippen LogP contribution in [0, 0.1) is 5.92 Å². The summed E-state index contributed by atoms with van der Waals surface area (Å²) in [6.45, 7) is 2.54. The van der Waals surface area contributed by atoms with Crippen LogP contribution in [-0.4, -0.2) is 21.4 Å². The Morgan fingerprint density at radius 2 is 2.12 bits per heavy atom. The average molecular weight is 379 g/mol. The first-order valence-corrected chi connectivity index (χ1v) is 10.6. The molecular weight excluding hydrogens is 356 g/mol. The van der Waals surface area contributed by atoms with Gasteiger partial charge in [0.25, 0.3) is 5.91 Å². The second kappa shape index (κ2) is 7.27. The molecule has 1 aliphatic carbocycles. The van der Waals surface area contributed by atoms with E-state index in [9.17, 15) is 13.2 Å². The van der Waals surface area contributed by atoms with Gasteiger partial charge in [-0.05, 0) is 61.6 Å². The summed E-state index contributed by atoms with van der Waals surface area (Å²) in [7, 11) is -2.10. The first-order chi connectivity index (χ1) is 11.9. The molecule has 0 radical (unpaired) electrons. The van der Waals surface area contributed by atoms with Gasteiger partial charge in [-0.3, -0.25) is 4.79 Å². The maximum Gasteiger partial charge on any atom is 0.261 e. The van der Waals surface area contributed by atoms with Gasteiger partial charge < -0.3 is 5.32 Å². The lowest BCUT2D eigenvalue weighted by Crippen LogP contribution is -2.22. The summed E-state index contributed by atoms with van der Waals surface area (Å²) in [5.41, 5.74) is 2.05. The highest BCUT2D eigenvalue weighted by Gasteiger charge is 2.20. The van der Waals surface area contributed by atoms with E-state index >= 15 is 0 Å². The molecule has 0 spiro atoms. The predicted molar refractivity (Wildman–Crippen MR) is 99.4 cm³/mol. The number of amides is 1. The maximum atomic E-state index is 12.4. The Morgan fingerprint density at radius 3 is 2.88 bits per heavy atom. The number of hydrogen-bond acceptors (Lipinski definition) is 4. The van der Waals surface area contributed by atoms with Crippen LogP contribution in [0.3, 0.4) is 0 Å². The van der Waals surface area contributed by atoms with E-state index in [-0.39, 0.29) is 10.8 Å². The zero-order chi connectivity index (χ0) is 18.0. The van der Waals surface area contributed by atoms with Crippen LogP contribution in [0.15, 0.2) is 35.2 Å². The Bertz CT molecular complexity index is 887. The second-order valence-corrected chi connectivity index (χ2v) is 9.47. The van der Waals surface area contributed by atoms with Crippen molar-refractivity contribution in [1.82, 2.24) is 10.0 Å². The fourth-order valence-corrected chi connectivity index (χ4v) is 4.95. The van der Waals surface area contributed by atoms with Crippen molar-refractivity contribution in [3.05, 3.63) is 51.2 Å². The molecule has 2 aromatic rings. The molecule has 1 heterocycles. The number of nitrogens with one attached hydrogen (secondary N) is 2. The summed E-state index contributed by atoms with van der Waals surface area (Å²) in [4.78, 5) is 14.7. The number of hydrogen-bond donors (Lipinski definition) is 2. The fraction of sp³-hybridized carbons (Fsp3) is 0.389. The lowest BCUT2D eigenvalue weighted by molar-refractivity contribution is 0.0955. The number of carbonyl (C=O) groups excluding carboxylic acids is 1. The number of carbonyl (C=O) groups is 1. The van der Waals surface area contributed by atoms with Crippen LogP contribution in [0.5, 0.6) is 0 Å². The zero-order valence-corrected chi connectivity index (χ0v) is 16.0. The summed E-state index contributed by atoms with van der Waals surface area (Å²) >= 11 is 1.57. The van der Waals surface area contributed by atoms with Gasteiger partial charge in [-0.15, -0.1) is 11.3 Å². The molecule has 2 N–H and O–H groups in total. The summed E-state index contributed by atoms with van der Waals surface area (Å²) in [6.07, 6.45) is 3.28. The number of sulfonamides is 1. The minimum atomic E-state index is -3.48. The highest BCUT2D eigenvalue weighted by molar-refractivity contribution is 7.89. The monoisotopic (exact) mass is 378 g/mol. The molecule has 25 heavy (non-hydrogen) atoms. The minimum absolute atomic E-state index is 0.103. The first-order valence-electron chi connectivity index (χ1n) is 8.31. The molecule has 5 nitrogen and oxygen atoms in total. The SMILES string of the molecule is CNS(=O)(=O)c1cccc(CNC(=O)c2cc3c(s2)CCC(C)C3)c1. The number of rotatable bonds is 5. The van der Waals surface area contributed by atoms with Gasteiger partial charge in [0.05, 0.1) is 9.77 Å². The normalized spacial score (nSPS) is 17.1. The van der Waals surface area contributed by atoms with Gasteiger partial charge in [0, 0.05) is 11.4 Å². The quantitative estimate of drug-likeness (QED) is 0.840. The van der Waals surface area contributed by atoms with Crippen LogP contribution in [0.2, 0.25) is 0 Å². The van der Waals surface area contributed by atoms with E-state index in [4.69, 9.17) is 0 Å². The van der Waals surface area contributed by atoms with Gasteiger partial charge in [0.2, 0.25) is 10.0 Å². The van der Waals surface area contributed by atoms with Gasteiger partial charge in [-0.25, -0.2) is 13.1 Å². The highest BCUT2D eigenvalue weighted by Crippen LogP contribution is 2.32. The smallest absolute Gasteiger partial charge is 0.261 e. The van der Waals surface area contributed by atoms with Gasteiger partial charge in [-0.1, -0.05) is 19.1 Å². The van der Waals surface area contributed by atoms with Crippen molar-refractivity contribution < 1.29 is 13.2 Å². The topological polar surface area (TPSA) is 75.3 Å². The van der Waals surface area contributed by atoms with E-state index in [1.165, 1.54) is 30.0 Å². The van der Waals surface area contributed by atoms with Gasteiger partial charge in [0.15, 0.2) is 0 Å². The lowest BCUT2D eigenvalue weighted by atomic mass is 9.90. The largest absolute Gasteiger partial charge is 0.347 e. The molecule has 0 bridgehead atoms. The van der Waals surface area contributed by atoms with Gasteiger partial charge in [-0.2, -0.15) is 0 Å². The first kappa shape index (κ1) is 18.1. The van der Waals surface area contributed by atoms with Crippen LogP contribution in [0.1, 0.15) is 39.0 Å². The van der Waals surface area contributed by atoms with Crippen molar-refractivity contribution >= 4 is 27.3 Å². The standard InChI is InChI=1S/C18H22N2O3S2/c1-12-6-7-16-14(8-12)10-17(24-16)18(21)20-11-13-4-3-5-15(9-13)25(22,23)19-2/h3-5,9-10,12,19H,6-8,11H2,1-2H3,(H,20,21). The van der Waals surface area contributed by atoms with Gasteiger partial charge in [0.1, 0.15) is 0 Å². The van der Waals surface area contributed by atoms with E-state index in [1.54, 1.807) is 29.5 Å². The van der Waals surface area contributed by atoms with Crippen molar-refractivity contribution in [3.8, 4) is 0 Å². The Balaban J connectivity index is 1.68. The molecule has 0 saturated heterocycles. The molecule has 0 saturated carbocycles. The number of aryl methyl sites for hydroxylation is 1. The number of thiophene rings is 1. The molecule has 0 aliphatic heterocycles. The highest BCUT2D eigenvalue weighted by atomic mass is 32.2. The molecule has 1 aromatic carbocycles. The number of fused-ring (bicyclic) bond motifs is 1. The molecule has 7 heteroatoms. The van der Waals surface area contributed by atoms with E-state index < -0.39 is 10.0 Å². The van der Waals surface area contributed by atoms with Crippen molar-refractivity contribution in [1.29, 1.82) is 0 Å². The van der Waals surface area contributed by atoms with Crippen LogP contribution in [-0.2, 0) is 29.4 Å². The summed E-state index contributed by atoms with van der Waals surface area (Å²) < 4.78 is 26.0. The third-order valence-corrected chi connectivity index (χ3v) is 7.13. The molecular formula is C18H22N2O3S2. The lowest BCUT2D eigenvalue weighted by Gasteiger charge is -2.16. The molecule has 1 atom stereocenters. The predicted octanol–water partition coefficient (Wildman–Crippen LogP) is 2.71. The molecule has 1 aliphatic rings. The molecule has 1 amide bonds. The van der Waals surface area contributed by atoms with Gasteiger partial charge >= 0.3 is 0 Å². The Kier molecular flexibility index (Phi) is 5.27. The van der Waals surface area contributed by atoms with E-state index in [0.717, 1.165) is 23.3 Å². The second-order valence-electron chi connectivity index (χ2n) is 6.44.